The first kappa shape index (κ1) is 21.4. The Bertz CT molecular complexity index is 1080. The molecule has 5 nitrogen and oxygen atoms in total. The third-order valence-electron chi connectivity index (χ3n) is 8.72. The lowest BCUT2D eigenvalue weighted by Gasteiger charge is -2.50. The fourth-order valence-corrected chi connectivity index (χ4v) is 6.94. The van der Waals surface area contributed by atoms with Crippen molar-refractivity contribution >= 4 is 17.5 Å². The van der Waals surface area contributed by atoms with E-state index in [1.165, 1.54) is 0 Å². The monoisotopic (exact) mass is 438 g/mol. The summed E-state index contributed by atoms with van der Waals surface area (Å²) in [6.07, 6.45) is 5.06. The van der Waals surface area contributed by atoms with Crippen LogP contribution in [0.3, 0.4) is 0 Å². The van der Waals surface area contributed by atoms with Crippen molar-refractivity contribution in [3.05, 3.63) is 46.5 Å². The van der Waals surface area contributed by atoms with Gasteiger partial charge in [-0.2, -0.15) is 0 Å². The number of hydrogen-bond acceptors (Lipinski definition) is 4. The van der Waals surface area contributed by atoms with E-state index in [9.17, 15) is 14.0 Å². The van der Waals surface area contributed by atoms with E-state index in [-0.39, 0.29) is 29.0 Å². The molecule has 32 heavy (non-hydrogen) atoms. The van der Waals surface area contributed by atoms with E-state index in [0.717, 1.165) is 42.4 Å². The van der Waals surface area contributed by atoms with Crippen molar-refractivity contribution in [3.8, 4) is 0 Å². The Kier molecular flexibility index (Phi) is 5.22. The highest BCUT2D eigenvalue weighted by Gasteiger charge is 2.58. The lowest BCUT2D eigenvalue weighted by molar-refractivity contribution is -0.129. The summed E-state index contributed by atoms with van der Waals surface area (Å²) in [5.41, 5.74) is 2.55. The molecule has 2 saturated carbocycles. The molecule has 0 saturated heterocycles. The van der Waals surface area contributed by atoms with Crippen LogP contribution >= 0.6 is 0 Å². The average molecular weight is 439 g/mol. The topological polar surface area (TPSA) is 72.2 Å². The zero-order valence-electron chi connectivity index (χ0n) is 19.0. The molecule has 170 valence electrons. The van der Waals surface area contributed by atoms with E-state index >= 15 is 0 Å². The van der Waals surface area contributed by atoms with E-state index in [1.54, 1.807) is 6.07 Å². The summed E-state index contributed by atoms with van der Waals surface area (Å²) in [6.45, 7) is 5.82. The number of rotatable bonds is 4. The maximum absolute atomic E-state index is 14.4. The van der Waals surface area contributed by atoms with E-state index in [1.807, 2.05) is 19.9 Å². The van der Waals surface area contributed by atoms with Gasteiger partial charge in [0, 0.05) is 23.8 Å². The van der Waals surface area contributed by atoms with Gasteiger partial charge in [0.15, 0.2) is 5.82 Å². The molecule has 3 unspecified atom stereocenters. The van der Waals surface area contributed by atoms with Crippen LogP contribution < -0.4 is 5.32 Å². The fourth-order valence-electron chi connectivity index (χ4n) is 6.94. The van der Waals surface area contributed by atoms with Gasteiger partial charge in [0.25, 0.3) is 0 Å². The standard InChI is InChI=1S/C26H31FN2O3/c1-14-15(2)32-29-25(14)28-23(31)10-7-16-13-22(30)26(3)12-11-18-17-5-4-6-21(27)19(17)8-9-20(18)24(16)26/h4-6,16,18,20,24H,7-13H2,1-3H3,(H,28,29,31)/t16-,18?,20?,24?,26-/m1/s1. The van der Waals surface area contributed by atoms with Crippen molar-refractivity contribution in [1.82, 2.24) is 5.16 Å². The molecule has 1 amide bonds. The molecule has 1 N–H and O–H groups in total. The van der Waals surface area contributed by atoms with Gasteiger partial charge in [-0.05, 0) is 86.8 Å². The molecule has 1 aromatic heterocycles. The summed E-state index contributed by atoms with van der Waals surface area (Å²) in [5.74, 6) is 2.48. The number of anilines is 1. The molecule has 0 aliphatic heterocycles. The second-order valence-electron chi connectivity index (χ2n) is 10.3. The van der Waals surface area contributed by atoms with Crippen LogP contribution in [0.4, 0.5) is 10.2 Å². The van der Waals surface area contributed by atoms with Crippen LogP contribution in [0.1, 0.15) is 73.8 Å². The molecule has 3 aliphatic rings. The van der Waals surface area contributed by atoms with E-state index < -0.39 is 0 Å². The molecular formula is C26H31FN2O3. The quantitative estimate of drug-likeness (QED) is 0.684. The minimum absolute atomic E-state index is 0.0918. The first-order valence-corrected chi connectivity index (χ1v) is 11.8. The summed E-state index contributed by atoms with van der Waals surface area (Å²) in [5, 5.41) is 6.77. The molecule has 1 heterocycles. The second-order valence-corrected chi connectivity index (χ2v) is 10.3. The number of carbonyl (C=O) groups is 2. The molecule has 0 spiro atoms. The number of nitrogens with zero attached hydrogens (tertiary/aromatic N) is 1. The Balaban J connectivity index is 1.34. The molecule has 2 aromatic rings. The van der Waals surface area contributed by atoms with E-state index in [2.05, 4.69) is 23.5 Å². The highest BCUT2D eigenvalue weighted by atomic mass is 19.1. The van der Waals surface area contributed by atoms with Crippen molar-refractivity contribution in [3.63, 3.8) is 0 Å². The van der Waals surface area contributed by atoms with Gasteiger partial charge in [0.2, 0.25) is 5.91 Å². The van der Waals surface area contributed by atoms with Gasteiger partial charge in [0.1, 0.15) is 17.4 Å². The van der Waals surface area contributed by atoms with Crippen molar-refractivity contribution in [2.24, 2.45) is 23.2 Å². The van der Waals surface area contributed by atoms with Crippen LogP contribution in [0.2, 0.25) is 0 Å². The predicted molar refractivity (Wildman–Crippen MR) is 119 cm³/mol. The van der Waals surface area contributed by atoms with Crippen LogP contribution in [0.15, 0.2) is 22.7 Å². The van der Waals surface area contributed by atoms with E-state index in [0.29, 0.717) is 48.5 Å². The summed E-state index contributed by atoms with van der Waals surface area (Å²) in [4.78, 5) is 25.7. The van der Waals surface area contributed by atoms with Gasteiger partial charge in [-0.15, -0.1) is 0 Å². The predicted octanol–water partition coefficient (Wildman–Crippen LogP) is 5.50. The Morgan fingerprint density at radius 1 is 1.31 bits per heavy atom. The number of carbonyl (C=O) groups excluding carboxylic acids is 2. The van der Waals surface area contributed by atoms with Gasteiger partial charge < -0.3 is 9.84 Å². The minimum Gasteiger partial charge on any atom is -0.359 e. The van der Waals surface area contributed by atoms with Gasteiger partial charge in [0.05, 0.1) is 0 Å². The maximum atomic E-state index is 14.4. The van der Waals surface area contributed by atoms with Crippen LogP contribution in [-0.2, 0) is 16.0 Å². The average Bonchev–Trinajstić information content (AvgIpc) is 3.22. The Hall–Kier alpha value is -2.50. The molecule has 0 bridgehead atoms. The zero-order chi connectivity index (χ0) is 22.6. The molecule has 3 aliphatic carbocycles. The number of benzene rings is 1. The van der Waals surface area contributed by atoms with Crippen LogP contribution in [-0.4, -0.2) is 16.8 Å². The van der Waals surface area contributed by atoms with Gasteiger partial charge in [-0.25, -0.2) is 4.39 Å². The first-order valence-electron chi connectivity index (χ1n) is 11.8. The number of ketones is 1. The van der Waals surface area contributed by atoms with E-state index in [4.69, 9.17) is 4.52 Å². The first-order chi connectivity index (χ1) is 15.3. The normalized spacial score (nSPS) is 31.1. The summed E-state index contributed by atoms with van der Waals surface area (Å²) in [6, 6.07) is 5.46. The molecule has 1 aromatic carbocycles. The van der Waals surface area contributed by atoms with Gasteiger partial charge in [-0.1, -0.05) is 24.2 Å². The SMILES string of the molecule is Cc1onc(NC(=O)CC[C@@H]2CC(=O)[C@@]3(C)CCC4c5cccc(F)c5CCC4C23)c1C. The van der Waals surface area contributed by atoms with Crippen molar-refractivity contribution in [2.75, 3.05) is 5.32 Å². The highest BCUT2D eigenvalue weighted by Crippen LogP contribution is 2.62. The summed E-state index contributed by atoms with van der Waals surface area (Å²) in [7, 11) is 0. The molecule has 0 radical (unpaired) electrons. The lowest BCUT2D eigenvalue weighted by Crippen LogP contribution is -2.44. The lowest BCUT2D eigenvalue weighted by atomic mass is 9.54. The number of amides is 1. The number of aryl methyl sites for hydroxylation is 1. The van der Waals surface area contributed by atoms with Crippen molar-refractivity contribution in [2.45, 2.75) is 71.6 Å². The Morgan fingerprint density at radius 3 is 2.88 bits per heavy atom. The minimum atomic E-state index is -0.313. The third kappa shape index (κ3) is 3.30. The number of fused-ring (bicyclic) bond motifs is 5. The summed E-state index contributed by atoms with van der Waals surface area (Å²) < 4.78 is 19.6. The largest absolute Gasteiger partial charge is 0.359 e. The van der Waals surface area contributed by atoms with Crippen LogP contribution in [0.25, 0.3) is 0 Å². The molecule has 5 atom stereocenters. The Labute approximate surface area is 188 Å². The molecule has 5 rings (SSSR count). The fraction of sp³-hybridized carbons (Fsp3) is 0.577. The van der Waals surface area contributed by atoms with Crippen molar-refractivity contribution < 1.29 is 18.5 Å². The number of halogens is 1. The van der Waals surface area contributed by atoms with Gasteiger partial charge in [-0.3, -0.25) is 9.59 Å². The number of hydrogen-bond donors (Lipinski definition) is 1. The second kappa shape index (κ2) is 7.82. The zero-order valence-corrected chi connectivity index (χ0v) is 19.0. The van der Waals surface area contributed by atoms with Gasteiger partial charge >= 0.3 is 0 Å². The van der Waals surface area contributed by atoms with Crippen molar-refractivity contribution in [1.29, 1.82) is 0 Å². The number of Topliss-reactive ketones (excluding diaryl/α,β-unsaturated/α-hetero) is 1. The van der Waals surface area contributed by atoms with Crippen LogP contribution in [0.5, 0.6) is 0 Å². The highest BCUT2D eigenvalue weighted by molar-refractivity contribution is 5.91. The Morgan fingerprint density at radius 2 is 2.12 bits per heavy atom. The smallest absolute Gasteiger partial charge is 0.225 e. The molecule has 2 fully saturated rings. The number of aromatic nitrogens is 1. The molecule has 6 heteroatoms. The third-order valence-corrected chi connectivity index (χ3v) is 8.72. The maximum Gasteiger partial charge on any atom is 0.225 e. The number of nitrogens with one attached hydrogen (secondary N) is 1. The summed E-state index contributed by atoms with van der Waals surface area (Å²) >= 11 is 0. The van der Waals surface area contributed by atoms with Crippen LogP contribution in [0, 0.1) is 42.8 Å². The molecular weight excluding hydrogens is 407 g/mol.